The molecule has 0 aliphatic heterocycles. The molecular formula is C39H54. The van der Waals surface area contributed by atoms with Crippen LogP contribution in [0.4, 0.5) is 0 Å². The van der Waals surface area contributed by atoms with Gasteiger partial charge in [0.1, 0.15) is 0 Å². The van der Waals surface area contributed by atoms with Gasteiger partial charge in [0, 0.05) is 2.85 Å². The molecule has 0 heterocycles. The summed E-state index contributed by atoms with van der Waals surface area (Å²) in [6.07, 6.45) is 20.3. The molecule has 3 aromatic rings. The summed E-state index contributed by atoms with van der Waals surface area (Å²) in [5.41, 5.74) is 8.20. The molecule has 39 heavy (non-hydrogen) atoms. The van der Waals surface area contributed by atoms with Gasteiger partial charge < -0.3 is 0 Å². The van der Waals surface area contributed by atoms with E-state index in [-0.39, 0.29) is 2.85 Å². The van der Waals surface area contributed by atoms with Crippen LogP contribution in [0.2, 0.25) is 0 Å². The van der Waals surface area contributed by atoms with E-state index < -0.39 is 0 Å². The third-order valence-electron chi connectivity index (χ3n) is 9.31. The van der Waals surface area contributed by atoms with Crippen molar-refractivity contribution >= 4 is 0 Å². The third kappa shape index (κ3) is 8.82. The van der Waals surface area contributed by atoms with Crippen molar-refractivity contribution in [3.05, 3.63) is 120 Å². The molecule has 0 saturated heterocycles. The fraction of sp³-hybridized carbons (Fsp3) is 0.436. The zero-order valence-corrected chi connectivity index (χ0v) is 24.7. The second-order valence-corrected chi connectivity index (χ2v) is 12.2. The van der Waals surface area contributed by atoms with Crippen LogP contribution in [0, 0.1) is 31.6 Å². The van der Waals surface area contributed by atoms with Crippen LogP contribution in [0.25, 0.3) is 11.1 Å². The molecule has 0 radical (unpaired) electrons. The fourth-order valence-corrected chi connectivity index (χ4v) is 6.73. The summed E-state index contributed by atoms with van der Waals surface area (Å²) < 4.78 is 0. The Morgan fingerprint density at radius 3 is 1.67 bits per heavy atom. The zero-order valence-electron chi connectivity index (χ0n) is 24.7. The minimum Gasteiger partial charge on any atom is -0.103 e. The normalized spacial score (nSPS) is 23.2. The van der Waals surface area contributed by atoms with Crippen molar-refractivity contribution in [3.63, 3.8) is 0 Å². The van der Waals surface area contributed by atoms with E-state index in [9.17, 15) is 0 Å². The minimum absolute atomic E-state index is 0. The number of hydrogen-bond donors (Lipinski definition) is 0. The fourth-order valence-electron chi connectivity index (χ4n) is 6.73. The van der Waals surface area contributed by atoms with Gasteiger partial charge in [-0.2, -0.15) is 0 Å². The molecule has 210 valence electrons. The smallest absolute Gasteiger partial charge is 0 e. The molecule has 0 heteroatoms. The number of hydrogen-bond acceptors (Lipinski definition) is 0. The van der Waals surface area contributed by atoms with E-state index in [1.54, 1.807) is 5.56 Å². The molecule has 0 bridgehead atoms. The average molecular weight is 523 g/mol. The molecule has 0 atom stereocenters. The average Bonchev–Trinajstić information content (AvgIpc) is 2.98. The van der Waals surface area contributed by atoms with Crippen LogP contribution in [0.1, 0.15) is 95.7 Å². The van der Waals surface area contributed by atoms with Crippen molar-refractivity contribution < 1.29 is 2.85 Å². The lowest BCUT2D eigenvalue weighted by molar-refractivity contribution is 0.160. The lowest BCUT2D eigenvalue weighted by Gasteiger charge is -2.38. The first kappa shape index (κ1) is 29.1. The van der Waals surface area contributed by atoms with Gasteiger partial charge in [0.15, 0.2) is 0 Å². The number of rotatable bonds is 7. The van der Waals surface area contributed by atoms with Gasteiger partial charge in [0.05, 0.1) is 0 Å². The maximum absolute atomic E-state index is 3.91. The topological polar surface area (TPSA) is 0 Å². The van der Waals surface area contributed by atoms with Crippen LogP contribution in [0.3, 0.4) is 0 Å². The van der Waals surface area contributed by atoms with Crippen molar-refractivity contribution in [2.75, 3.05) is 0 Å². The van der Waals surface area contributed by atoms with E-state index >= 15 is 0 Å². The maximum Gasteiger partial charge on any atom is 0 e. The highest BCUT2D eigenvalue weighted by molar-refractivity contribution is 5.63. The van der Waals surface area contributed by atoms with Gasteiger partial charge in [0.25, 0.3) is 0 Å². The molecule has 0 spiro atoms. The van der Waals surface area contributed by atoms with Gasteiger partial charge in [-0.05, 0) is 131 Å². The lowest BCUT2D eigenvalue weighted by Crippen LogP contribution is -2.25. The van der Waals surface area contributed by atoms with Gasteiger partial charge in [-0.15, -0.1) is 6.58 Å². The molecule has 0 aromatic heterocycles. The van der Waals surface area contributed by atoms with Crippen LogP contribution in [0.15, 0.2) is 97.6 Å². The summed E-state index contributed by atoms with van der Waals surface area (Å²) in [6, 6.07) is 26.8. The van der Waals surface area contributed by atoms with Crippen LogP contribution in [-0.4, -0.2) is 0 Å². The highest BCUT2D eigenvalue weighted by Gasteiger charge is 2.30. The predicted molar refractivity (Wildman–Crippen MR) is 176 cm³/mol. The molecule has 5 rings (SSSR count). The van der Waals surface area contributed by atoms with E-state index in [1.807, 2.05) is 0 Å². The first-order valence-electron chi connectivity index (χ1n) is 15.5. The second kappa shape index (κ2) is 15.1. The Kier molecular flexibility index (Phi) is 11.3. The van der Waals surface area contributed by atoms with E-state index in [2.05, 4.69) is 118 Å². The number of benzene rings is 3. The molecule has 0 nitrogen and oxygen atoms in total. The Bertz CT molecular complexity index is 1140. The first-order chi connectivity index (χ1) is 19.1. The highest BCUT2D eigenvalue weighted by atomic mass is 14.4. The first-order valence-corrected chi connectivity index (χ1v) is 15.5. The predicted octanol–water partition coefficient (Wildman–Crippen LogP) is 11.9. The summed E-state index contributed by atoms with van der Waals surface area (Å²) in [6.45, 7) is 10.3. The Morgan fingerprint density at radius 1 is 0.667 bits per heavy atom. The van der Waals surface area contributed by atoms with Crippen LogP contribution < -0.4 is 0 Å². The lowest BCUT2D eigenvalue weighted by atomic mass is 9.68. The van der Waals surface area contributed by atoms with Crippen molar-refractivity contribution in [2.45, 2.75) is 90.9 Å². The van der Waals surface area contributed by atoms with Crippen LogP contribution >= 0.6 is 0 Å². The Hall–Kier alpha value is -2.86. The molecule has 0 unspecified atom stereocenters. The Balaban J connectivity index is 0.000000282. The quantitative estimate of drug-likeness (QED) is 0.271. The molecule has 2 fully saturated rings. The largest absolute Gasteiger partial charge is 0.103 e. The summed E-state index contributed by atoms with van der Waals surface area (Å²) in [4.78, 5) is 0. The van der Waals surface area contributed by atoms with Gasteiger partial charge in [-0.25, -0.2) is 0 Å². The van der Waals surface area contributed by atoms with Crippen molar-refractivity contribution in [1.82, 2.24) is 0 Å². The molecule has 0 amide bonds. The molecule has 2 aliphatic carbocycles. The second-order valence-electron chi connectivity index (χ2n) is 12.2. The van der Waals surface area contributed by atoms with Gasteiger partial charge in [0.2, 0.25) is 0 Å². The van der Waals surface area contributed by atoms with Crippen LogP contribution in [-0.2, 0) is 6.42 Å². The SMILES string of the molecule is C/C=C/Cc1ccc(-c2ccc(C)cc2)cc1.C=CCC1CCC(C2CCC(c3ccc(C)cc3)CC2)CC1.[HH].[HH]. The van der Waals surface area contributed by atoms with Crippen molar-refractivity contribution in [2.24, 2.45) is 17.8 Å². The van der Waals surface area contributed by atoms with Gasteiger partial charge in [-0.1, -0.05) is 102 Å². The molecule has 0 N–H and O–H groups in total. The zero-order chi connectivity index (χ0) is 27.5. The molecule has 2 saturated carbocycles. The number of aryl methyl sites for hydroxylation is 2. The summed E-state index contributed by atoms with van der Waals surface area (Å²) in [7, 11) is 0. The van der Waals surface area contributed by atoms with Crippen LogP contribution in [0.5, 0.6) is 0 Å². The van der Waals surface area contributed by atoms with Crippen molar-refractivity contribution in [3.8, 4) is 11.1 Å². The Morgan fingerprint density at radius 2 is 1.15 bits per heavy atom. The standard InChI is InChI=1S/C22H32.C17H18.2H2/c1-3-4-18-7-11-20(12-8-18)22-15-13-21(14-16-22)19-9-5-17(2)6-10-19;1-3-4-5-15-8-12-17(13-9-15)16-10-6-14(2)7-11-16;;/h3,5-6,9-10,18,20-22H,1,4,7-8,11-16H2,2H3;3-4,6-13H,5H2,1-2H3;2*1H/b;4-3+;;. The summed E-state index contributed by atoms with van der Waals surface area (Å²) in [5.74, 6) is 3.82. The Labute approximate surface area is 242 Å². The van der Waals surface area contributed by atoms with Gasteiger partial charge >= 0.3 is 0 Å². The summed E-state index contributed by atoms with van der Waals surface area (Å²) in [5, 5.41) is 0. The highest BCUT2D eigenvalue weighted by Crippen LogP contribution is 2.44. The molecule has 2 aliphatic rings. The monoisotopic (exact) mass is 522 g/mol. The summed E-state index contributed by atoms with van der Waals surface area (Å²) >= 11 is 0. The third-order valence-corrected chi connectivity index (χ3v) is 9.31. The maximum atomic E-state index is 3.91. The number of allylic oxidation sites excluding steroid dienone is 3. The van der Waals surface area contributed by atoms with Crippen molar-refractivity contribution in [1.29, 1.82) is 0 Å². The van der Waals surface area contributed by atoms with E-state index in [1.165, 1.54) is 85.6 Å². The van der Waals surface area contributed by atoms with E-state index in [0.29, 0.717) is 0 Å². The van der Waals surface area contributed by atoms with E-state index in [0.717, 1.165) is 30.1 Å². The minimum atomic E-state index is 0. The van der Waals surface area contributed by atoms with E-state index in [4.69, 9.17) is 0 Å². The van der Waals surface area contributed by atoms with Gasteiger partial charge in [-0.3, -0.25) is 0 Å². The molecular weight excluding hydrogens is 468 g/mol. The molecule has 3 aromatic carbocycles.